The smallest absolute Gasteiger partial charge is 0.352 e. The molecule has 176 valence electrons. The van der Waals surface area contributed by atoms with Crippen LogP contribution in [-0.4, -0.2) is 61.0 Å². The topological polar surface area (TPSA) is 174 Å². The summed E-state index contributed by atoms with van der Waals surface area (Å²) in [5.74, 6) is -2.00. The van der Waals surface area contributed by atoms with E-state index in [9.17, 15) is 29.1 Å². The van der Waals surface area contributed by atoms with E-state index >= 15 is 0 Å². The number of aliphatic carboxylic acids is 1. The van der Waals surface area contributed by atoms with Crippen LogP contribution in [0.5, 0.6) is 0 Å². The molecule has 2 aromatic rings. The zero-order valence-electron chi connectivity index (χ0n) is 17.8. The van der Waals surface area contributed by atoms with Crippen molar-refractivity contribution in [2.45, 2.75) is 24.4 Å². The Morgan fingerprint density at radius 2 is 1.97 bits per heavy atom. The number of nitrogens with one attached hydrogen (secondary N) is 4. The standard InChI is InChI=1S/C21H20N6O6S/c1-10-8-34-19-14(18(30)27(19)15(10)20(31)32)25-17(29)13(11-5-3-2-4-6-11)26-21(33)24-12-7-22-9-23-16(12)28/h2-7,9,13-14,19H,8H2,1H3,(H,25,29)(H,31,32)(H,22,23,28)(H2,24,26,33)/t13-,14?,19-/m1/s1. The molecule has 1 aromatic carbocycles. The molecule has 2 aliphatic heterocycles. The Balaban J connectivity index is 1.51. The molecule has 1 aromatic heterocycles. The summed E-state index contributed by atoms with van der Waals surface area (Å²) in [5.41, 5.74) is 0.255. The van der Waals surface area contributed by atoms with Crippen molar-refractivity contribution in [3.8, 4) is 0 Å². The molecule has 4 amide bonds. The predicted molar refractivity (Wildman–Crippen MR) is 122 cm³/mol. The molecule has 3 heterocycles. The van der Waals surface area contributed by atoms with E-state index in [1.54, 1.807) is 37.3 Å². The number of hydrogen-bond donors (Lipinski definition) is 5. The lowest BCUT2D eigenvalue weighted by molar-refractivity contribution is -0.151. The minimum atomic E-state index is -1.20. The largest absolute Gasteiger partial charge is 0.477 e. The normalized spacial score (nSPS) is 20.0. The van der Waals surface area contributed by atoms with Crippen LogP contribution >= 0.6 is 11.8 Å². The van der Waals surface area contributed by atoms with E-state index < -0.39 is 46.8 Å². The van der Waals surface area contributed by atoms with Gasteiger partial charge in [-0.25, -0.2) is 14.6 Å². The molecule has 0 bridgehead atoms. The molecule has 0 aliphatic carbocycles. The number of fused-ring (bicyclic) bond motifs is 1. The highest BCUT2D eigenvalue weighted by Crippen LogP contribution is 2.40. The Morgan fingerprint density at radius 1 is 1.24 bits per heavy atom. The molecule has 13 heteroatoms. The van der Waals surface area contributed by atoms with Crippen molar-refractivity contribution in [1.82, 2.24) is 25.5 Å². The predicted octanol–water partition coefficient (Wildman–Crippen LogP) is 0.391. The molecule has 0 radical (unpaired) electrons. The van der Waals surface area contributed by atoms with Crippen LogP contribution < -0.4 is 21.5 Å². The maximum Gasteiger partial charge on any atom is 0.352 e. The lowest BCUT2D eigenvalue weighted by Crippen LogP contribution is -2.71. The fraction of sp³-hybridized carbons (Fsp3) is 0.238. The van der Waals surface area contributed by atoms with Crippen LogP contribution in [0.4, 0.5) is 10.5 Å². The highest BCUT2D eigenvalue weighted by molar-refractivity contribution is 8.00. The van der Waals surface area contributed by atoms with Crippen LogP contribution in [0.25, 0.3) is 0 Å². The molecule has 1 fully saturated rings. The number of anilines is 1. The van der Waals surface area contributed by atoms with Gasteiger partial charge in [0.2, 0.25) is 5.91 Å². The van der Waals surface area contributed by atoms with Gasteiger partial charge in [-0.2, -0.15) is 0 Å². The molecule has 0 saturated carbocycles. The van der Waals surface area contributed by atoms with Crippen molar-refractivity contribution in [3.63, 3.8) is 0 Å². The Labute approximate surface area is 196 Å². The molecule has 1 saturated heterocycles. The number of urea groups is 1. The minimum absolute atomic E-state index is 0.0712. The Hall–Kier alpha value is -4.13. The number of aromatic nitrogens is 2. The summed E-state index contributed by atoms with van der Waals surface area (Å²) < 4.78 is 0. The Kier molecular flexibility index (Phi) is 6.36. The number of hydrogen-bond acceptors (Lipinski definition) is 7. The van der Waals surface area contributed by atoms with Gasteiger partial charge in [-0.05, 0) is 18.1 Å². The number of nitrogens with zero attached hydrogens (tertiary/aromatic N) is 2. The molecule has 1 unspecified atom stereocenters. The van der Waals surface area contributed by atoms with Crippen LogP contribution in [0.15, 0.2) is 58.9 Å². The fourth-order valence-electron chi connectivity index (χ4n) is 3.68. The third kappa shape index (κ3) is 4.37. The highest BCUT2D eigenvalue weighted by atomic mass is 32.2. The van der Waals surface area contributed by atoms with Gasteiger partial charge in [-0.1, -0.05) is 30.3 Å². The summed E-state index contributed by atoms with van der Waals surface area (Å²) in [6.07, 6.45) is 2.33. The number of carboxylic acids is 1. The van der Waals surface area contributed by atoms with Crippen molar-refractivity contribution in [2.24, 2.45) is 0 Å². The van der Waals surface area contributed by atoms with E-state index in [1.165, 1.54) is 23.0 Å². The number of aromatic amines is 1. The Morgan fingerprint density at radius 3 is 2.65 bits per heavy atom. The fourth-order valence-corrected chi connectivity index (χ4v) is 4.97. The van der Waals surface area contributed by atoms with E-state index in [0.29, 0.717) is 16.9 Å². The maximum atomic E-state index is 13.2. The quantitative estimate of drug-likeness (QED) is 0.366. The van der Waals surface area contributed by atoms with E-state index in [2.05, 4.69) is 25.9 Å². The molecule has 0 spiro atoms. The van der Waals surface area contributed by atoms with Crippen LogP contribution in [0.1, 0.15) is 18.5 Å². The second-order valence-corrected chi connectivity index (χ2v) is 8.67. The van der Waals surface area contributed by atoms with Gasteiger partial charge in [-0.15, -0.1) is 11.8 Å². The summed E-state index contributed by atoms with van der Waals surface area (Å²) in [5, 5.41) is 16.4. The number of H-pyrrole nitrogens is 1. The number of β-lactam (4-membered cyclic amide) rings is 1. The minimum Gasteiger partial charge on any atom is -0.477 e. The summed E-state index contributed by atoms with van der Waals surface area (Å²) in [7, 11) is 0. The molecule has 2 aliphatic rings. The van der Waals surface area contributed by atoms with E-state index in [4.69, 9.17) is 0 Å². The van der Waals surface area contributed by atoms with E-state index in [1.807, 2.05) is 0 Å². The second kappa shape index (κ2) is 9.39. The average Bonchev–Trinajstić information content (AvgIpc) is 2.82. The first-order valence-corrected chi connectivity index (χ1v) is 11.2. The Bertz CT molecular complexity index is 1250. The second-order valence-electron chi connectivity index (χ2n) is 7.57. The van der Waals surface area contributed by atoms with E-state index in [-0.39, 0.29) is 11.4 Å². The molecule has 12 nitrogen and oxygen atoms in total. The van der Waals surface area contributed by atoms with E-state index in [0.717, 1.165) is 6.20 Å². The zero-order chi connectivity index (χ0) is 24.4. The number of carbonyl (C=O) groups is 4. The number of amides is 4. The highest BCUT2D eigenvalue weighted by Gasteiger charge is 2.54. The summed E-state index contributed by atoms with van der Waals surface area (Å²) >= 11 is 1.35. The summed E-state index contributed by atoms with van der Waals surface area (Å²) in [6.45, 7) is 1.65. The number of carboxylic acid groups (broad SMARTS) is 1. The van der Waals surface area contributed by atoms with Crippen LogP contribution in [-0.2, 0) is 14.4 Å². The van der Waals surface area contributed by atoms with Crippen LogP contribution in [0.2, 0.25) is 0 Å². The van der Waals surface area contributed by atoms with Crippen LogP contribution in [0.3, 0.4) is 0 Å². The first-order chi connectivity index (χ1) is 16.3. The lowest BCUT2D eigenvalue weighted by atomic mass is 10.0. The molecule has 3 atom stereocenters. The molecule has 34 heavy (non-hydrogen) atoms. The van der Waals surface area contributed by atoms with Gasteiger partial charge in [0.15, 0.2) is 0 Å². The van der Waals surface area contributed by atoms with Gasteiger partial charge in [0, 0.05) is 5.75 Å². The van der Waals surface area contributed by atoms with Crippen molar-refractivity contribution < 1.29 is 24.3 Å². The molecular weight excluding hydrogens is 464 g/mol. The first-order valence-electron chi connectivity index (χ1n) is 10.1. The van der Waals surface area contributed by atoms with Crippen molar-refractivity contribution in [1.29, 1.82) is 0 Å². The third-order valence-corrected chi connectivity index (χ3v) is 6.72. The molecule has 4 rings (SSSR count). The van der Waals surface area contributed by atoms with Gasteiger partial charge in [-0.3, -0.25) is 19.3 Å². The molecule has 5 N–H and O–H groups in total. The number of thioether (sulfide) groups is 1. The van der Waals surface area contributed by atoms with Gasteiger partial charge in [0.25, 0.3) is 11.5 Å². The summed E-state index contributed by atoms with van der Waals surface area (Å²) in [6, 6.07) is 5.38. The van der Waals surface area contributed by atoms with Gasteiger partial charge < -0.3 is 26.0 Å². The molecular formula is C21H20N6O6S. The maximum absolute atomic E-state index is 13.2. The van der Waals surface area contributed by atoms with Crippen molar-refractivity contribution in [3.05, 3.63) is 70.0 Å². The van der Waals surface area contributed by atoms with Gasteiger partial charge in [0.05, 0.1) is 12.5 Å². The SMILES string of the molecule is CC1=C(C(=O)O)N2C(=O)C(NC(=O)[C@H](NC(=O)Nc3cnc[nH]c3=O)c3ccccc3)[C@H]2SC1. The van der Waals surface area contributed by atoms with Crippen molar-refractivity contribution >= 4 is 41.3 Å². The zero-order valence-corrected chi connectivity index (χ0v) is 18.6. The first kappa shape index (κ1) is 23.0. The number of rotatable bonds is 6. The van der Waals surface area contributed by atoms with Crippen LogP contribution in [0, 0.1) is 0 Å². The number of benzene rings is 1. The summed E-state index contributed by atoms with van der Waals surface area (Å²) in [4.78, 5) is 69.0. The van der Waals surface area contributed by atoms with Gasteiger partial charge in [0.1, 0.15) is 28.8 Å². The van der Waals surface area contributed by atoms with Crippen molar-refractivity contribution in [2.75, 3.05) is 11.1 Å². The van der Waals surface area contributed by atoms with Gasteiger partial charge >= 0.3 is 12.0 Å². The lowest BCUT2D eigenvalue weighted by Gasteiger charge is -2.49. The monoisotopic (exact) mass is 484 g/mol. The third-order valence-electron chi connectivity index (χ3n) is 5.30. The number of carbonyl (C=O) groups excluding carboxylic acids is 3. The average molecular weight is 484 g/mol.